The fraction of sp³-hybridized carbons (Fsp3) is 0.235. The average molecular weight is 540 g/mol. The molecule has 2 aromatic rings. The Labute approximate surface area is 191 Å². The molecule has 1 aliphatic rings. The normalized spacial score (nSPS) is 20.9. The number of nitrogens with zero attached hydrogens (tertiary/aromatic N) is 2. The van der Waals surface area contributed by atoms with Crippen molar-refractivity contribution in [1.29, 1.82) is 5.26 Å². The minimum Gasteiger partial charge on any atom is -0.244 e. The van der Waals surface area contributed by atoms with Crippen LogP contribution in [-0.2, 0) is 26.3 Å². The molecular formula is C17H7Cl3F6N2O3S. The van der Waals surface area contributed by atoms with Gasteiger partial charge in [0.05, 0.1) is 44.5 Å². The van der Waals surface area contributed by atoms with Gasteiger partial charge in [-0.15, -0.1) is 0 Å². The lowest BCUT2D eigenvalue weighted by Crippen LogP contribution is -2.46. The lowest BCUT2D eigenvalue weighted by molar-refractivity contribution is -0.243. The van der Waals surface area contributed by atoms with E-state index in [1.54, 1.807) is 0 Å². The molecule has 1 fully saturated rings. The molecule has 2 aromatic carbocycles. The van der Waals surface area contributed by atoms with Gasteiger partial charge in [0.25, 0.3) is 0 Å². The van der Waals surface area contributed by atoms with Crippen molar-refractivity contribution in [3.05, 3.63) is 62.1 Å². The van der Waals surface area contributed by atoms with Crippen LogP contribution >= 0.6 is 34.8 Å². The van der Waals surface area contributed by atoms with Crippen molar-refractivity contribution in [2.24, 2.45) is 0 Å². The minimum absolute atomic E-state index is 0.00724. The van der Waals surface area contributed by atoms with Crippen LogP contribution in [0.3, 0.4) is 0 Å². The SMILES string of the molecule is N#Cc1ccc(N2C[C@](c3cc(Cl)c(Cl)c(Cl)c3)(C(F)(F)F)OS2(=O)=O)cc1C(F)(F)F. The predicted octanol–water partition coefficient (Wildman–Crippen LogP) is 6.08. The smallest absolute Gasteiger partial charge is 0.244 e. The van der Waals surface area contributed by atoms with Crippen LogP contribution in [0.1, 0.15) is 16.7 Å². The van der Waals surface area contributed by atoms with Crippen molar-refractivity contribution < 1.29 is 38.9 Å². The van der Waals surface area contributed by atoms with Crippen molar-refractivity contribution in [3.63, 3.8) is 0 Å². The fourth-order valence-electron chi connectivity index (χ4n) is 3.00. The maximum atomic E-state index is 14.1. The van der Waals surface area contributed by atoms with Gasteiger partial charge in [-0.3, -0.25) is 0 Å². The monoisotopic (exact) mass is 538 g/mol. The van der Waals surface area contributed by atoms with Gasteiger partial charge in [-0.1, -0.05) is 34.8 Å². The van der Waals surface area contributed by atoms with Crippen molar-refractivity contribution in [1.82, 2.24) is 0 Å². The van der Waals surface area contributed by atoms with E-state index in [4.69, 9.17) is 40.1 Å². The van der Waals surface area contributed by atoms with Gasteiger partial charge in [0.2, 0.25) is 5.60 Å². The first-order chi connectivity index (χ1) is 14.5. The third kappa shape index (κ3) is 4.08. The molecule has 0 aromatic heterocycles. The summed E-state index contributed by atoms with van der Waals surface area (Å²) in [6.45, 7) is -1.49. The van der Waals surface area contributed by atoms with Crippen molar-refractivity contribution >= 4 is 50.8 Å². The summed E-state index contributed by atoms with van der Waals surface area (Å²) < 4.78 is 112. The summed E-state index contributed by atoms with van der Waals surface area (Å²) >= 11 is 17.3. The molecule has 1 aliphatic heterocycles. The molecule has 0 bridgehead atoms. The quantitative estimate of drug-likeness (QED) is 0.343. The zero-order chi connectivity index (χ0) is 24.3. The Bertz CT molecular complexity index is 1220. The average Bonchev–Trinajstić information content (AvgIpc) is 2.97. The Hall–Kier alpha value is -1.91. The Morgan fingerprint density at radius 1 is 1.03 bits per heavy atom. The Balaban J connectivity index is 2.22. The van der Waals surface area contributed by atoms with Crippen LogP contribution in [0.5, 0.6) is 0 Å². The van der Waals surface area contributed by atoms with E-state index in [0.717, 1.165) is 6.07 Å². The van der Waals surface area contributed by atoms with Crippen molar-refractivity contribution in [3.8, 4) is 6.07 Å². The molecule has 1 atom stereocenters. The topological polar surface area (TPSA) is 70.4 Å². The molecule has 0 radical (unpaired) electrons. The Morgan fingerprint density at radius 2 is 1.59 bits per heavy atom. The standard InChI is InChI=1S/C17H7Cl3F6N2O3S/c18-12-3-9(4-13(19)14(12)20)15(17(24,25)26)7-28(32(29,30)31-15)10-2-1-8(6-27)11(5-10)16(21,22)23/h1-5H,7H2/t15-/m0/s1. The second-order valence-corrected chi connectivity index (χ2v) is 9.12. The van der Waals surface area contributed by atoms with Gasteiger partial charge in [0.15, 0.2) is 0 Å². The largest absolute Gasteiger partial charge is 0.425 e. The van der Waals surface area contributed by atoms with Gasteiger partial charge in [-0.25, -0.2) is 8.49 Å². The molecule has 3 rings (SSSR count). The molecule has 5 nitrogen and oxygen atoms in total. The van der Waals surface area contributed by atoms with Gasteiger partial charge in [0, 0.05) is 0 Å². The number of alkyl halides is 6. The van der Waals surface area contributed by atoms with Crippen LogP contribution in [-0.4, -0.2) is 21.1 Å². The van der Waals surface area contributed by atoms with E-state index in [2.05, 4.69) is 4.18 Å². The summed E-state index contributed by atoms with van der Waals surface area (Å²) in [5.74, 6) is 0. The number of hydrogen-bond donors (Lipinski definition) is 0. The van der Waals surface area contributed by atoms with Gasteiger partial charge in [0.1, 0.15) is 0 Å². The van der Waals surface area contributed by atoms with E-state index in [0.29, 0.717) is 18.2 Å². The molecule has 1 saturated heterocycles. The highest BCUT2D eigenvalue weighted by molar-refractivity contribution is 7.88. The first-order valence-electron chi connectivity index (χ1n) is 8.10. The van der Waals surface area contributed by atoms with Crippen LogP contribution in [0.4, 0.5) is 32.0 Å². The third-order valence-electron chi connectivity index (χ3n) is 4.51. The van der Waals surface area contributed by atoms with E-state index in [9.17, 15) is 34.8 Å². The van der Waals surface area contributed by atoms with Gasteiger partial charge < -0.3 is 0 Å². The molecule has 32 heavy (non-hydrogen) atoms. The van der Waals surface area contributed by atoms with E-state index < -0.39 is 67.2 Å². The third-order valence-corrected chi connectivity index (χ3v) is 7.08. The molecule has 0 aliphatic carbocycles. The molecule has 0 amide bonds. The zero-order valence-corrected chi connectivity index (χ0v) is 18.1. The molecule has 1 heterocycles. The molecular weight excluding hydrogens is 533 g/mol. The van der Waals surface area contributed by atoms with Crippen LogP contribution in [0.15, 0.2) is 30.3 Å². The highest BCUT2D eigenvalue weighted by Gasteiger charge is 2.66. The van der Waals surface area contributed by atoms with Crippen molar-refractivity contribution in [2.75, 3.05) is 10.8 Å². The molecule has 0 N–H and O–H groups in total. The van der Waals surface area contributed by atoms with Crippen LogP contribution in [0.25, 0.3) is 0 Å². The first-order valence-corrected chi connectivity index (χ1v) is 10.6. The second kappa shape index (κ2) is 7.85. The molecule has 0 spiro atoms. The second-order valence-electron chi connectivity index (χ2n) is 6.47. The van der Waals surface area contributed by atoms with E-state index in [1.165, 1.54) is 6.07 Å². The Morgan fingerprint density at radius 3 is 2.06 bits per heavy atom. The summed E-state index contributed by atoms with van der Waals surface area (Å²) in [6, 6.07) is 4.31. The number of anilines is 1. The minimum atomic E-state index is -5.38. The number of benzene rings is 2. The van der Waals surface area contributed by atoms with Crippen molar-refractivity contribution in [2.45, 2.75) is 18.0 Å². The molecule has 15 heteroatoms. The van der Waals surface area contributed by atoms with Gasteiger partial charge in [-0.05, 0) is 35.9 Å². The summed E-state index contributed by atoms with van der Waals surface area (Å²) in [7, 11) is -5.25. The number of nitriles is 1. The van der Waals surface area contributed by atoms with E-state index in [-0.39, 0.29) is 15.4 Å². The van der Waals surface area contributed by atoms with Crippen LogP contribution < -0.4 is 4.31 Å². The van der Waals surface area contributed by atoms with Gasteiger partial charge >= 0.3 is 22.7 Å². The van der Waals surface area contributed by atoms with Gasteiger partial charge in [-0.2, -0.15) is 40.0 Å². The number of rotatable bonds is 2. The molecule has 0 saturated carbocycles. The highest BCUT2D eigenvalue weighted by atomic mass is 35.5. The molecule has 0 unspecified atom stereocenters. The lowest BCUT2D eigenvalue weighted by Gasteiger charge is -2.29. The number of halogens is 9. The lowest BCUT2D eigenvalue weighted by atomic mass is 9.92. The number of hydrogen-bond acceptors (Lipinski definition) is 4. The summed E-state index contributed by atoms with van der Waals surface area (Å²) in [5.41, 5.74) is -7.57. The van der Waals surface area contributed by atoms with E-state index in [1.807, 2.05) is 0 Å². The summed E-state index contributed by atoms with van der Waals surface area (Å²) in [5, 5.41) is 7.69. The van der Waals surface area contributed by atoms with E-state index >= 15 is 0 Å². The fourth-order valence-corrected chi connectivity index (χ4v) is 5.00. The first kappa shape index (κ1) is 24.7. The summed E-state index contributed by atoms with van der Waals surface area (Å²) in [6.07, 6.45) is -10.5. The predicted molar refractivity (Wildman–Crippen MR) is 103 cm³/mol. The summed E-state index contributed by atoms with van der Waals surface area (Å²) in [4.78, 5) is 0. The maximum Gasteiger partial charge on any atom is 0.425 e. The zero-order valence-electron chi connectivity index (χ0n) is 15.0. The molecule has 172 valence electrons. The van der Waals surface area contributed by atoms with Crippen LogP contribution in [0.2, 0.25) is 15.1 Å². The Kier molecular flexibility index (Phi) is 6.06. The van der Waals surface area contributed by atoms with Crippen LogP contribution in [0, 0.1) is 11.3 Å². The highest BCUT2D eigenvalue weighted by Crippen LogP contribution is 2.51. The maximum absolute atomic E-state index is 14.1.